The van der Waals surface area contributed by atoms with Crippen molar-refractivity contribution in [1.82, 2.24) is 19.9 Å². The summed E-state index contributed by atoms with van der Waals surface area (Å²) in [4.78, 5) is 20.9. The lowest BCUT2D eigenvalue weighted by Gasteiger charge is -2.33. The Morgan fingerprint density at radius 3 is 2.42 bits per heavy atom. The number of carbonyl (C=O) groups is 1. The van der Waals surface area contributed by atoms with Crippen LogP contribution in [0.5, 0.6) is 5.75 Å². The lowest BCUT2D eigenvalue weighted by atomic mass is 9.91. The molecule has 3 aromatic rings. The van der Waals surface area contributed by atoms with Crippen LogP contribution in [0.4, 0.5) is 18.0 Å². The number of benzene rings is 1. The molecule has 1 N–H and O–H groups in total. The topological polar surface area (TPSA) is 78.3 Å². The van der Waals surface area contributed by atoms with Crippen LogP contribution in [0.15, 0.2) is 36.8 Å². The number of fused-ring (bicyclic) bond motifs is 1. The predicted molar refractivity (Wildman–Crippen MR) is 132 cm³/mol. The largest absolute Gasteiger partial charge is 0.491 e. The summed E-state index contributed by atoms with van der Waals surface area (Å²) in [6.07, 6.45) is -1.75. The summed E-state index contributed by atoms with van der Waals surface area (Å²) in [5.74, 6) is -0.186. The highest BCUT2D eigenvalue weighted by Crippen LogP contribution is 2.40. The number of nitrogens with zero attached hydrogens (tertiary/aromatic N) is 3. The smallest absolute Gasteiger partial charge is 0.419 e. The number of alkyl carbamates (subject to hydrolysis) is 1. The van der Waals surface area contributed by atoms with Crippen molar-refractivity contribution in [2.75, 3.05) is 6.61 Å². The fraction of sp³-hybridized carbons (Fsp3) is 0.500. The molecule has 196 valence electrons. The van der Waals surface area contributed by atoms with Crippen LogP contribution in [-0.2, 0) is 18.0 Å². The highest BCUT2D eigenvalue weighted by atomic mass is 19.4. The molecule has 10 heteroatoms. The molecule has 2 heterocycles. The fourth-order valence-electron chi connectivity index (χ4n) is 4.17. The van der Waals surface area contributed by atoms with Gasteiger partial charge in [-0.3, -0.25) is 0 Å². The number of aromatic nitrogens is 3. The Labute approximate surface area is 209 Å². The van der Waals surface area contributed by atoms with Gasteiger partial charge in [0.05, 0.1) is 16.8 Å². The monoisotopic (exact) mass is 506 g/mol. The molecule has 0 bridgehead atoms. The third-order valence-corrected chi connectivity index (χ3v) is 5.43. The Morgan fingerprint density at radius 1 is 1.11 bits per heavy atom. The Morgan fingerprint density at radius 2 is 1.81 bits per heavy atom. The van der Waals surface area contributed by atoms with E-state index in [0.717, 1.165) is 6.07 Å². The molecular weight excluding hydrogens is 473 g/mol. The van der Waals surface area contributed by atoms with E-state index < -0.39 is 29.0 Å². The summed E-state index contributed by atoms with van der Waals surface area (Å²) in [6, 6.07) is 5.63. The van der Waals surface area contributed by atoms with E-state index in [4.69, 9.17) is 9.47 Å². The van der Waals surface area contributed by atoms with Gasteiger partial charge in [0.15, 0.2) is 0 Å². The van der Waals surface area contributed by atoms with Gasteiger partial charge in [-0.25, -0.2) is 14.8 Å². The van der Waals surface area contributed by atoms with Gasteiger partial charge in [-0.05, 0) is 64.3 Å². The van der Waals surface area contributed by atoms with Gasteiger partial charge in [0, 0.05) is 24.2 Å². The molecule has 2 aromatic heterocycles. The van der Waals surface area contributed by atoms with E-state index in [9.17, 15) is 18.0 Å². The quantitative estimate of drug-likeness (QED) is 0.403. The molecule has 1 aromatic carbocycles. The molecule has 0 aliphatic heterocycles. The van der Waals surface area contributed by atoms with Gasteiger partial charge in [-0.1, -0.05) is 13.8 Å². The lowest BCUT2D eigenvalue weighted by Crippen LogP contribution is -2.52. The summed E-state index contributed by atoms with van der Waals surface area (Å²) in [5, 5.41) is 3.43. The first-order chi connectivity index (χ1) is 16.6. The summed E-state index contributed by atoms with van der Waals surface area (Å²) in [6.45, 7) is 10.7. The number of carbonyl (C=O) groups excluding carboxylic acids is 1. The molecule has 0 aliphatic rings. The molecule has 0 fully saturated rings. The first kappa shape index (κ1) is 27.3. The average molecular weight is 507 g/mol. The number of nitrogens with one attached hydrogen (secondary N) is 1. The van der Waals surface area contributed by atoms with Crippen LogP contribution in [0.1, 0.15) is 53.5 Å². The van der Waals surface area contributed by atoms with Gasteiger partial charge in [-0.2, -0.15) is 13.2 Å². The van der Waals surface area contributed by atoms with Crippen molar-refractivity contribution in [1.29, 1.82) is 0 Å². The van der Waals surface area contributed by atoms with Gasteiger partial charge in [0.1, 0.15) is 29.9 Å². The van der Waals surface area contributed by atoms with E-state index >= 15 is 0 Å². The zero-order valence-corrected chi connectivity index (χ0v) is 21.7. The third-order valence-electron chi connectivity index (χ3n) is 5.43. The van der Waals surface area contributed by atoms with Gasteiger partial charge in [-0.15, -0.1) is 0 Å². The van der Waals surface area contributed by atoms with Crippen molar-refractivity contribution in [3.05, 3.63) is 42.4 Å². The van der Waals surface area contributed by atoms with Crippen LogP contribution in [0.25, 0.3) is 22.3 Å². The number of alkyl halides is 3. The van der Waals surface area contributed by atoms with Crippen molar-refractivity contribution in [3.8, 4) is 17.0 Å². The molecule has 7 nitrogen and oxygen atoms in total. The third kappa shape index (κ3) is 6.67. The molecule has 0 aliphatic carbocycles. The van der Waals surface area contributed by atoms with E-state index in [1.807, 2.05) is 13.8 Å². The number of halogens is 3. The second-order valence-electron chi connectivity index (χ2n) is 10.7. The standard InChI is InChI=1S/C26H33F3N4O3/c1-16(2)13-25(6,32-23(34)36-24(3,4)5)14-35-20-9-8-17(12-19(20)26(27,28)29)21-18-10-11-33(7)22(18)31-15-30-21/h8-12,15-16H,13-14H2,1-7H3,(H,32,34)/t25-/m0/s1. The number of rotatable bonds is 7. The minimum atomic E-state index is -4.67. The van der Waals surface area contributed by atoms with Gasteiger partial charge in [0.25, 0.3) is 0 Å². The Hall–Kier alpha value is -3.30. The van der Waals surface area contributed by atoms with Crippen molar-refractivity contribution < 1.29 is 27.4 Å². The highest BCUT2D eigenvalue weighted by molar-refractivity contribution is 5.91. The van der Waals surface area contributed by atoms with Crippen molar-refractivity contribution >= 4 is 17.1 Å². The molecule has 1 amide bonds. The molecule has 0 spiro atoms. The zero-order valence-electron chi connectivity index (χ0n) is 21.7. The van der Waals surface area contributed by atoms with Crippen LogP contribution in [0.3, 0.4) is 0 Å². The van der Waals surface area contributed by atoms with Crippen LogP contribution in [0, 0.1) is 5.92 Å². The Bertz CT molecular complexity index is 1230. The summed E-state index contributed by atoms with van der Waals surface area (Å²) >= 11 is 0. The first-order valence-electron chi connectivity index (χ1n) is 11.7. The van der Waals surface area contributed by atoms with E-state index in [2.05, 4.69) is 15.3 Å². The predicted octanol–water partition coefficient (Wildman–Crippen LogP) is 6.36. The summed E-state index contributed by atoms with van der Waals surface area (Å²) < 4.78 is 55.1. The second-order valence-corrected chi connectivity index (χ2v) is 10.7. The van der Waals surface area contributed by atoms with Crippen molar-refractivity contribution in [3.63, 3.8) is 0 Å². The van der Waals surface area contributed by atoms with Gasteiger partial charge < -0.3 is 19.4 Å². The minimum Gasteiger partial charge on any atom is -0.491 e. The maximum absolute atomic E-state index is 14.1. The number of aryl methyl sites for hydroxylation is 1. The lowest BCUT2D eigenvalue weighted by molar-refractivity contribution is -0.139. The molecule has 0 unspecified atom stereocenters. The number of ether oxygens (including phenoxy) is 2. The van der Waals surface area contributed by atoms with E-state index in [1.165, 1.54) is 12.4 Å². The minimum absolute atomic E-state index is 0.143. The van der Waals surface area contributed by atoms with Crippen molar-refractivity contribution in [2.24, 2.45) is 13.0 Å². The van der Waals surface area contributed by atoms with Gasteiger partial charge >= 0.3 is 12.3 Å². The van der Waals surface area contributed by atoms with E-state index in [-0.39, 0.29) is 18.3 Å². The second kappa shape index (κ2) is 9.99. The molecule has 0 radical (unpaired) electrons. The molecular formula is C26H33F3N4O3. The first-order valence-corrected chi connectivity index (χ1v) is 11.7. The number of amides is 1. The molecule has 36 heavy (non-hydrogen) atoms. The normalized spacial score (nSPS) is 14.1. The van der Waals surface area contributed by atoms with Crippen molar-refractivity contribution in [2.45, 2.75) is 65.3 Å². The van der Waals surface area contributed by atoms with Crippen LogP contribution < -0.4 is 10.1 Å². The summed E-state index contributed by atoms with van der Waals surface area (Å²) in [5.41, 5.74) is -1.29. The van der Waals surface area contributed by atoms with Crippen LogP contribution in [-0.4, -0.2) is 38.4 Å². The maximum atomic E-state index is 14.1. The summed E-state index contributed by atoms with van der Waals surface area (Å²) in [7, 11) is 1.80. The van der Waals surface area contributed by atoms with Crippen LogP contribution in [0.2, 0.25) is 0 Å². The van der Waals surface area contributed by atoms with E-state index in [0.29, 0.717) is 28.7 Å². The van der Waals surface area contributed by atoms with E-state index in [1.54, 1.807) is 57.6 Å². The average Bonchev–Trinajstić information content (AvgIpc) is 3.10. The molecule has 3 rings (SSSR count). The maximum Gasteiger partial charge on any atom is 0.419 e. The highest BCUT2D eigenvalue weighted by Gasteiger charge is 2.37. The fourth-order valence-corrected chi connectivity index (χ4v) is 4.17. The van der Waals surface area contributed by atoms with Crippen LogP contribution >= 0.6 is 0 Å². The zero-order chi connectivity index (χ0) is 26.9. The molecule has 0 saturated heterocycles. The number of hydrogen-bond acceptors (Lipinski definition) is 5. The van der Waals surface area contributed by atoms with Gasteiger partial charge in [0.2, 0.25) is 0 Å². The number of hydrogen-bond donors (Lipinski definition) is 1. The molecule has 1 atom stereocenters. The Kier molecular flexibility index (Phi) is 7.57. The molecule has 0 saturated carbocycles. The SMILES string of the molecule is CC(C)C[C@@](C)(COc1ccc(-c2ncnc3c2ccn3C)cc1C(F)(F)F)NC(=O)OC(C)(C)C. The Balaban J connectivity index is 1.92.